The van der Waals surface area contributed by atoms with Crippen LogP contribution in [0.3, 0.4) is 0 Å². The molecule has 0 heterocycles. The van der Waals surface area contributed by atoms with Crippen LogP contribution in [-0.2, 0) is 15.3 Å². The Morgan fingerprint density at radius 1 is 0.864 bits per heavy atom. The molecule has 0 saturated carbocycles. The number of aliphatic imine (C=N–C) groups is 2. The second-order valence-electron chi connectivity index (χ2n) is 5.35. The average Bonchev–Trinajstić information content (AvgIpc) is 2.55. The normalized spacial score (nSPS) is 19.3. The van der Waals surface area contributed by atoms with Crippen molar-refractivity contribution in [3.63, 3.8) is 0 Å². The number of benzene rings is 3. The quantitative estimate of drug-likeness (QED) is 0.537. The summed E-state index contributed by atoms with van der Waals surface area (Å²) in [5.41, 5.74) is -0.490. The maximum absolute atomic E-state index is 10.9. The van der Waals surface area contributed by atoms with Gasteiger partial charge in [-0.25, -0.2) is 9.59 Å². The number of rotatable bonds is 2. The fourth-order valence-corrected chi connectivity index (χ4v) is 3.36. The van der Waals surface area contributed by atoms with Gasteiger partial charge in [-0.05, 0) is 26.8 Å². The zero-order valence-corrected chi connectivity index (χ0v) is 11.5. The van der Waals surface area contributed by atoms with E-state index >= 15 is 0 Å². The van der Waals surface area contributed by atoms with E-state index in [4.69, 9.17) is 0 Å². The minimum absolute atomic E-state index is 0.345. The van der Waals surface area contributed by atoms with E-state index in [1.807, 2.05) is 42.5 Å². The Balaban J connectivity index is 2.27. The van der Waals surface area contributed by atoms with Crippen molar-refractivity contribution in [1.82, 2.24) is 0 Å². The van der Waals surface area contributed by atoms with Gasteiger partial charge in [-0.15, -0.1) is 0 Å². The lowest BCUT2D eigenvalue weighted by molar-refractivity contribution is 0.468. The minimum Gasteiger partial charge on any atom is -0.211 e. The summed E-state index contributed by atoms with van der Waals surface area (Å²) in [5, 5.41) is 5.36. The molecule has 0 amide bonds. The molecule has 0 N–H and O–H groups in total. The van der Waals surface area contributed by atoms with Crippen LogP contribution in [0.1, 0.15) is 12.0 Å². The van der Waals surface area contributed by atoms with Gasteiger partial charge in [-0.2, -0.15) is 9.98 Å². The topological polar surface area (TPSA) is 58.9 Å². The van der Waals surface area contributed by atoms with Crippen molar-refractivity contribution in [2.45, 2.75) is 12.1 Å². The van der Waals surface area contributed by atoms with Gasteiger partial charge in [0, 0.05) is 12.0 Å². The fourth-order valence-electron chi connectivity index (χ4n) is 3.36. The van der Waals surface area contributed by atoms with Gasteiger partial charge in [-0.1, -0.05) is 48.5 Å². The van der Waals surface area contributed by atoms with Crippen LogP contribution in [0, 0.1) is 0 Å². The standard InChI is InChI=1S/C18H10N2O2/c21-10-19-18(20-11-22)9-8-14-5-4-12-2-1-3-13-6-7-15(18)17(14)16(12)13/h1-8H,9H2. The lowest BCUT2D eigenvalue weighted by Gasteiger charge is -2.27. The first-order valence-corrected chi connectivity index (χ1v) is 6.92. The predicted molar refractivity (Wildman–Crippen MR) is 83.7 cm³/mol. The van der Waals surface area contributed by atoms with Crippen LogP contribution < -0.4 is 5.22 Å². The third-order valence-corrected chi connectivity index (χ3v) is 4.31. The summed E-state index contributed by atoms with van der Waals surface area (Å²) in [6.07, 6.45) is 5.41. The smallest absolute Gasteiger partial charge is 0.211 e. The van der Waals surface area contributed by atoms with Crippen LogP contribution in [0.4, 0.5) is 0 Å². The highest BCUT2D eigenvalue weighted by Crippen LogP contribution is 2.40. The van der Waals surface area contributed by atoms with E-state index in [1.54, 1.807) is 12.2 Å². The number of nitrogens with zero attached hydrogens (tertiary/aromatic N) is 2. The van der Waals surface area contributed by atoms with E-state index in [1.165, 1.54) is 0 Å². The third kappa shape index (κ3) is 1.54. The van der Waals surface area contributed by atoms with Crippen molar-refractivity contribution in [3.8, 4) is 0 Å². The largest absolute Gasteiger partial charge is 0.237 e. The highest BCUT2D eigenvalue weighted by atomic mass is 16.1. The Labute approximate surface area is 125 Å². The van der Waals surface area contributed by atoms with E-state index in [2.05, 4.69) is 16.1 Å². The van der Waals surface area contributed by atoms with Gasteiger partial charge >= 0.3 is 0 Å². The summed E-state index contributed by atoms with van der Waals surface area (Å²) in [6.45, 7) is 0. The molecular formula is C18H10N2O2. The number of isocyanates is 2. The third-order valence-electron chi connectivity index (χ3n) is 4.31. The van der Waals surface area contributed by atoms with E-state index in [9.17, 15) is 9.59 Å². The molecule has 0 spiro atoms. The van der Waals surface area contributed by atoms with Gasteiger partial charge in [0.1, 0.15) is 0 Å². The van der Waals surface area contributed by atoms with Gasteiger partial charge in [0.05, 0.1) is 0 Å². The molecule has 104 valence electrons. The van der Waals surface area contributed by atoms with Crippen molar-refractivity contribution >= 4 is 39.8 Å². The van der Waals surface area contributed by atoms with E-state index in [0.717, 1.165) is 32.3 Å². The van der Waals surface area contributed by atoms with Crippen LogP contribution >= 0.6 is 0 Å². The zero-order chi connectivity index (χ0) is 15.2. The first-order chi connectivity index (χ1) is 10.8. The molecule has 0 bridgehead atoms. The van der Waals surface area contributed by atoms with E-state index in [0.29, 0.717) is 6.42 Å². The van der Waals surface area contributed by atoms with Crippen LogP contribution in [0.25, 0.3) is 27.6 Å². The first-order valence-electron chi connectivity index (χ1n) is 6.92. The van der Waals surface area contributed by atoms with Crippen molar-refractivity contribution in [2.24, 2.45) is 9.98 Å². The van der Waals surface area contributed by atoms with Gasteiger partial charge in [-0.3, -0.25) is 0 Å². The van der Waals surface area contributed by atoms with Gasteiger partial charge < -0.3 is 0 Å². The summed E-state index contributed by atoms with van der Waals surface area (Å²) < 4.78 is 0. The molecule has 0 radical (unpaired) electrons. The number of hydrogen-bond donors (Lipinski definition) is 0. The molecule has 0 unspecified atom stereocenters. The Bertz CT molecular complexity index is 1040. The predicted octanol–water partition coefficient (Wildman–Crippen LogP) is 2.72. The van der Waals surface area contributed by atoms with Crippen molar-refractivity contribution in [2.75, 3.05) is 0 Å². The van der Waals surface area contributed by atoms with Gasteiger partial charge in [0.15, 0.2) is 0 Å². The van der Waals surface area contributed by atoms with Crippen LogP contribution in [0.15, 0.2) is 52.4 Å². The molecule has 4 rings (SSSR count). The number of hydrogen-bond acceptors (Lipinski definition) is 4. The van der Waals surface area contributed by atoms with Gasteiger partial charge in [0.25, 0.3) is 0 Å². The molecule has 1 aliphatic carbocycles. The maximum Gasteiger partial charge on any atom is 0.237 e. The molecule has 0 atom stereocenters. The lowest BCUT2D eigenvalue weighted by atomic mass is 9.84. The zero-order valence-electron chi connectivity index (χ0n) is 11.5. The molecular weight excluding hydrogens is 276 g/mol. The maximum atomic E-state index is 10.9. The highest BCUT2D eigenvalue weighted by Gasteiger charge is 2.35. The second-order valence-corrected chi connectivity index (χ2v) is 5.35. The summed E-state index contributed by atoms with van der Waals surface area (Å²) >= 11 is 0. The molecule has 0 saturated heterocycles. The molecule has 3 aromatic carbocycles. The van der Waals surface area contributed by atoms with Crippen LogP contribution in [-0.4, -0.2) is 12.2 Å². The van der Waals surface area contributed by atoms with E-state index in [-0.39, 0.29) is 0 Å². The SMILES string of the molecule is O=C=NC1(N=C=O)CC=c2ccc3cccc4ccc1c2c43. The number of carbonyl (C=O) groups excluding carboxylic acids is 2. The van der Waals surface area contributed by atoms with Gasteiger partial charge in [0.2, 0.25) is 17.8 Å². The highest BCUT2D eigenvalue weighted by molar-refractivity contribution is 6.12. The summed E-state index contributed by atoms with van der Waals surface area (Å²) in [5.74, 6) is 0. The van der Waals surface area contributed by atoms with E-state index < -0.39 is 5.66 Å². The summed E-state index contributed by atoms with van der Waals surface area (Å²) in [7, 11) is 0. The molecule has 4 nitrogen and oxygen atoms in total. The minimum atomic E-state index is -1.24. The Morgan fingerprint density at radius 3 is 2.23 bits per heavy atom. The second kappa shape index (κ2) is 4.47. The summed E-state index contributed by atoms with van der Waals surface area (Å²) in [6, 6.07) is 14.1. The van der Waals surface area contributed by atoms with Crippen LogP contribution in [0.2, 0.25) is 0 Å². The van der Waals surface area contributed by atoms with Crippen molar-refractivity contribution in [1.29, 1.82) is 0 Å². The molecule has 0 fully saturated rings. The Morgan fingerprint density at radius 2 is 1.55 bits per heavy atom. The Hall–Kier alpha value is -3.06. The fraction of sp³-hybridized carbons (Fsp3) is 0.111. The summed E-state index contributed by atoms with van der Waals surface area (Å²) in [4.78, 5) is 29.4. The Kier molecular flexibility index (Phi) is 2.57. The molecule has 4 heteroatoms. The molecule has 1 aliphatic rings. The van der Waals surface area contributed by atoms with Crippen molar-refractivity contribution in [3.05, 3.63) is 53.2 Å². The molecule has 0 aliphatic heterocycles. The molecule has 22 heavy (non-hydrogen) atoms. The lowest BCUT2D eigenvalue weighted by Crippen LogP contribution is -2.27. The first kappa shape index (κ1) is 12.7. The molecule has 0 aromatic heterocycles. The monoisotopic (exact) mass is 286 g/mol. The molecule has 3 aromatic rings. The van der Waals surface area contributed by atoms with Crippen LogP contribution in [0.5, 0.6) is 0 Å². The average molecular weight is 286 g/mol. The van der Waals surface area contributed by atoms with Crippen molar-refractivity contribution < 1.29 is 9.59 Å².